The van der Waals surface area contributed by atoms with E-state index in [1.165, 1.54) is 0 Å². The van der Waals surface area contributed by atoms with Crippen molar-refractivity contribution in [3.63, 3.8) is 0 Å². The minimum absolute atomic E-state index is 0.0482. The topological polar surface area (TPSA) is 92.0 Å². The summed E-state index contributed by atoms with van der Waals surface area (Å²) in [5.41, 5.74) is 5.62. The van der Waals surface area contributed by atoms with Gasteiger partial charge in [0.05, 0.1) is 11.2 Å². The third-order valence-corrected chi connectivity index (χ3v) is 7.81. The van der Waals surface area contributed by atoms with Crippen molar-refractivity contribution in [1.29, 1.82) is 5.41 Å². The number of halogens is 2. The second kappa shape index (κ2) is 8.91. The number of ether oxygens (including phenoxy) is 1. The van der Waals surface area contributed by atoms with Crippen molar-refractivity contribution >= 4 is 16.6 Å². The molecule has 194 valence electrons. The molecule has 3 atom stereocenters. The summed E-state index contributed by atoms with van der Waals surface area (Å²) in [4.78, 5) is 13.7. The van der Waals surface area contributed by atoms with E-state index in [2.05, 4.69) is 16.0 Å². The number of hydrogen-bond donors (Lipinski definition) is 2. The molecule has 0 amide bonds. The molecule has 2 heterocycles. The molecular weight excluding hydrogens is 486 g/mol. The number of pyridine rings is 1. The number of fused-ring (bicyclic) bond motifs is 7. The molecule has 2 aromatic heterocycles. The number of rotatable bonds is 4. The Hall–Kier alpha value is -3.78. The van der Waals surface area contributed by atoms with Crippen LogP contribution in [0.1, 0.15) is 73.2 Å². The lowest BCUT2D eigenvalue weighted by molar-refractivity contribution is -0.0507. The fourth-order valence-corrected chi connectivity index (χ4v) is 5.96. The van der Waals surface area contributed by atoms with Gasteiger partial charge in [-0.1, -0.05) is 25.1 Å². The fraction of sp³-hybridized carbons (Fsp3) is 0.333. The van der Waals surface area contributed by atoms with Crippen molar-refractivity contribution in [3.8, 4) is 16.9 Å². The largest absolute Gasteiger partial charge is 0.435 e. The molecule has 4 aromatic rings. The summed E-state index contributed by atoms with van der Waals surface area (Å²) in [6, 6.07) is 13.4. The SMILES string of the molecule is C[C@@H]1C(=N)[C@H]2C[C@H](Cc3cc4cc(-c5cnc(C(C)(C)O)nc5)ccc4nc32)c2c(OC(F)F)cccc21. The van der Waals surface area contributed by atoms with Crippen LogP contribution in [0.25, 0.3) is 22.0 Å². The highest BCUT2D eigenvalue weighted by molar-refractivity contribution is 5.96. The summed E-state index contributed by atoms with van der Waals surface area (Å²) in [6.45, 7) is 2.35. The molecule has 2 N–H and O–H groups in total. The quantitative estimate of drug-likeness (QED) is 0.326. The van der Waals surface area contributed by atoms with Crippen LogP contribution in [0.15, 0.2) is 54.9 Å². The van der Waals surface area contributed by atoms with Gasteiger partial charge in [-0.25, -0.2) is 9.97 Å². The zero-order valence-corrected chi connectivity index (χ0v) is 21.4. The first-order valence-corrected chi connectivity index (χ1v) is 12.7. The van der Waals surface area contributed by atoms with Crippen LogP contribution in [0.2, 0.25) is 0 Å². The molecule has 0 unspecified atom stereocenters. The minimum Gasteiger partial charge on any atom is -0.435 e. The van der Waals surface area contributed by atoms with Gasteiger partial charge in [-0.05, 0) is 73.6 Å². The second-order valence-electron chi connectivity index (χ2n) is 10.8. The Labute approximate surface area is 219 Å². The predicted molar refractivity (Wildman–Crippen MR) is 141 cm³/mol. The molecule has 0 spiro atoms. The Morgan fingerprint density at radius 2 is 1.84 bits per heavy atom. The molecule has 2 bridgehead atoms. The van der Waals surface area contributed by atoms with Gasteiger partial charge in [-0.2, -0.15) is 8.78 Å². The number of benzene rings is 2. The summed E-state index contributed by atoms with van der Waals surface area (Å²) in [5.74, 6) is 0.105. The van der Waals surface area contributed by atoms with Gasteiger partial charge in [0.1, 0.15) is 11.4 Å². The lowest BCUT2D eigenvalue weighted by Crippen LogP contribution is -2.23. The zero-order valence-electron chi connectivity index (χ0n) is 21.4. The van der Waals surface area contributed by atoms with Crippen molar-refractivity contribution in [3.05, 3.63) is 83.1 Å². The van der Waals surface area contributed by atoms with Crippen LogP contribution in [0.5, 0.6) is 5.75 Å². The molecule has 6 nitrogen and oxygen atoms in total. The highest BCUT2D eigenvalue weighted by Gasteiger charge is 2.40. The average molecular weight is 515 g/mol. The number of aliphatic hydroxyl groups is 1. The van der Waals surface area contributed by atoms with E-state index in [4.69, 9.17) is 15.1 Å². The van der Waals surface area contributed by atoms with Gasteiger partial charge in [0.15, 0.2) is 5.82 Å². The van der Waals surface area contributed by atoms with Gasteiger partial charge >= 0.3 is 6.61 Å². The molecule has 2 aliphatic carbocycles. The van der Waals surface area contributed by atoms with Crippen molar-refractivity contribution in [1.82, 2.24) is 15.0 Å². The Kier molecular flexibility index (Phi) is 5.76. The molecular formula is C30H28F2N4O2. The molecule has 0 saturated heterocycles. The summed E-state index contributed by atoms with van der Waals surface area (Å²) >= 11 is 0. The normalized spacial score (nSPS) is 20.7. The Morgan fingerprint density at radius 3 is 2.55 bits per heavy atom. The first-order valence-electron chi connectivity index (χ1n) is 12.7. The summed E-state index contributed by atoms with van der Waals surface area (Å²) in [6.07, 6.45) is 4.69. The molecule has 2 aromatic carbocycles. The van der Waals surface area contributed by atoms with Gasteiger partial charge in [-0.15, -0.1) is 0 Å². The molecule has 0 saturated carbocycles. The number of nitrogens with one attached hydrogen (secondary N) is 1. The van der Waals surface area contributed by atoms with Gasteiger partial charge in [0, 0.05) is 46.5 Å². The first kappa shape index (κ1) is 24.6. The van der Waals surface area contributed by atoms with Crippen molar-refractivity contribution in [2.45, 2.75) is 63.6 Å². The fourth-order valence-electron chi connectivity index (χ4n) is 5.96. The van der Waals surface area contributed by atoms with E-state index in [-0.39, 0.29) is 23.5 Å². The van der Waals surface area contributed by atoms with Crippen LogP contribution in [0.4, 0.5) is 8.78 Å². The summed E-state index contributed by atoms with van der Waals surface area (Å²) < 4.78 is 31.5. The van der Waals surface area contributed by atoms with E-state index < -0.39 is 12.2 Å². The lowest BCUT2D eigenvalue weighted by atomic mass is 9.75. The van der Waals surface area contributed by atoms with Crippen LogP contribution in [0.3, 0.4) is 0 Å². The first-order chi connectivity index (χ1) is 18.1. The standard InChI is InChI=1S/C30H28F2N4O2/c1-15-21-5-4-6-24(38-29(31)32)25(21)18-11-19-10-17-9-16(20-13-34-28(35-14-20)30(2,3)37)7-8-23(17)36-27(19)22(12-18)26(15)33/h4-10,13-15,18,22,29,33,37H,11-12H2,1-3H3/t15-,18-,22+/m0/s1. The maximum absolute atomic E-state index is 13.3. The molecule has 8 heteroatoms. The third kappa shape index (κ3) is 4.13. The van der Waals surface area contributed by atoms with Crippen LogP contribution >= 0.6 is 0 Å². The van der Waals surface area contributed by atoms with E-state index in [0.29, 0.717) is 24.4 Å². The number of nitrogens with zero attached hydrogens (tertiary/aromatic N) is 3. The maximum atomic E-state index is 13.3. The van der Waals surface area contributed by atoms with Gasteiger partial charge in [0.2, 0.25) is 0 Å². The highest BCUT2D eigenvalue weighted by Crippen LogP contribution is 2.50. The van der Waals surface area contributed by atoms with Crippen LogP contribution < -0.4 is 4.74 Å². The van der Waals surface area contributed by atoms with Crippen LogP contribution in [-0.2, 0) is 12.0 Å². The van der Waals surface area contributed by atoms with Crippen molar-refractivity contribution < 1.29 is 18.6 Å². The molecule has 38 heavy (non-hydrogen) atoms. The van der Waals surface area contributed by atoms with E-state index in [1.54, 1.807) is 38.4 Å². The molecule has 0 fully saturated rings. The number of alkyl halides is 2. The third-order valence-electron chi connectivity index (χ3n) is 7.81. The second-order valence-corrected chi connectivity index (χ2v) is 10.8. The lowest BCUT2D eigenvalue weighted by Gasteiger charge is -2.30. The van der Waals surface area contributed by atoms with Crippen LogP contribution in [-0.4, -0.2) is 32.4 Å². The highest BCUT2D eigenvalue weighted by atomic mass is 19.3. The van der Waals surface area contributed by atoms with Crippen molar-refractivity contribution in [2.24, 2.45) is 0 Å². The summed E-state index contributed by atoms with van der Waals surface area (Å²) in [7, 11) is 0. The molecule has 0 aliphatic heterocycles. The monoisotopic (exact) mass is 514 g/mol. The van der Waals surface area contributed by atoms with Gasteiger partial charge in [0.25, 0.3) is 0 Å². The smallest absolute Gasteiger partial charge is 0.387 e. The van der Waals surface area contributed by atoms with E-state index in [0.717, 1.165) is 44.4 Å². The summed E-state index contributed by atoms with van der Waals surface area (Å²) in [5, 5.41) is 20.1. The molecule has 0 radical (unpaired) electrons. The van der Waals surface area contributed by atoms with Gasteiger partial charge < -0.3 is 15.3 Å². The van der Waals surface area contributed by atoms with E-state index >= 15 is 0 Å². The van der Waals surface area contributed by atoms with E-state index in [1.807, 2.05) is 31.2 Å². The zero-order chi connectivity index (χ0) is 26.8. The Bertz CT molecular complexity index is 1560. The number of aromatic nitrogens is 3. The molecule has 6 rings (SSSR count). The minimum atomic E-state index is -2.91. The maximum Gasteiger partial charge on any atom is 0.387 e. The molecule has 2 aliphatic rings. The average Bonchev–Trinajstić information content (AvgIpc) is 2.97. The number of hydrogen-bond acceptors (Lipinski definition) is 6. The Morgan fingerprint density at radius 1 is 1.08 bits per heavy atom. The Balaban J connectivity index is 1.43. The predicted octanol–water partition coefficient (Wildman–Crippen LogP) is 6.47. The van der Waals surface area contributed by atoms with E-state index in [9.17, 15) is 13.9 Å². The van der Waals surface area contributed by atoms with Crippen LogP contribution in [0, 0.1) is 5.41 Å². The van der Waals surface area contributed by atoms with Crippen molar-refractivity contribution in [2.75, 3.05) is 0 Å². The van der Waals surface area contributed by atoms with Gasteiger partial charge in [-0.3, -0.25) is 4.98 Å².